The van der Waals surface area contributed by atoms with Crippen molar-refractivity contribution in [2.24, 2.45) is 0 Å². The van der Waals surface area contributed by atoms with E-state index in [9.17, 15) is 4.39 Å². The molecule has 3 nitrogen and oxygen atoms in total. The van der Waals surface area contributed by atoms with Gasteiger partial charge in [0.2, 0.25) is 0 Å². The van der Waals surface area contributed by atoms with Crippen molar-refractivity contribution >= 4 is 11.3 Å². The van der Waals surface area contributed by atoms with Crippen molar-refractivity contribution in [2.45, 2.75) is 38.8 Å². The summed E-state index contributed by atoms with van der Waals surface area (Å²) in [5.74, 6) is 0.540. The summed E-state index contributed by atoms with van der Waals surface area (Å²) < 4.78 is 19.6. The monoisotopic (exact) mass is 306 g/mol. The summed E-state index contributed by atoms with van der Waals surface area (Å²) in [5.41, 5.74) is 1.93. The summed E-state index contributed by atoms with van der Waals surface area (Å²) in [7, 11) is 0. The largest absolute Gasteiger partial charge is 0.483 e. The van der Waals surface area contributed by atoms with Gasteiger partial charge in [-0.2, -0.15) is 0 Å². The minimum atomic E-state index is -0.218. The molecule has 0 amide bonds. The number of aromatic nitrogens is 1. The van der Waals surface area contributed by atoms with Gasteiger partial charge in [0, 0.05) is 29.1 Å². The molecule has 1 aliphatic rings. The fourth-order valence-electron chi connectivity index (χ4n) is 2.62. The van der Waals surface area contributed by atoms with Gasteiger partial charge in [0.05, 0.1) is 0 Å². The average Bonchev–Trinajstić information content (AvgIpc) is 2.91. The van der Waals surface area contributed by atoms with Crippen molar-refractivity contribution in [2.75, 3.05) is 6.54 Å². The van der Waals surface area contributed by atoms with Crippen LogP contribution in [0.3, 0.4) is 0 Å². The van der Waals surface area contributed by atoms with E-state index in [-0.39, 0.29) is 18.0 Å². The van der Waals surface area contributed by atoms with Crippen LogP contribution in [0.15, 0.2) is 23.6 Å². The highest BCUT2D eigenvalue weighted by Crippen LogP contribution is 2.41. The van der Waals surface area contributed by atoms with E-state index < -0.39 is 0 Å². The van der Waals surface area contributed by atoms with E-state index in [0.29, 0.717) is 0 Å². The lowest BCUT2D eigenvalue weighted by molar-refractivity contribution is 0.150. The van der Waals surface area contributed by atoms with Crippen molar-refractivity contribution in [1.82, 2.24) is 10.3 Å². The molecule has 0 aliphatic carbocycles. The molecule has 2 aromatic rings. The number of nitrogens with zero attached hydrogens (tertiary/aromatic N) is 1. The molecule has 2 atom stereocenters. The number of thiazole rings is 1. The topological polar surface area (TPSA) is 34.2 Å². The minimum Gasteiger partial charge on any atom is -0.483 e. The molecule has 1 N–H and O–H groups in total. The third-order valence-corrected chi connectivity index (χ3v) is 4.67. The molecular weight excluding hydrogens is 287 g/mol. The second-order valence-corrected chi connectivity index (χ2v) is 6.25. The number of benzene rings is 1. The SMILES string of the molecule is CCCNC1CC(c2nc(C)cs2)Oc2ccc(F)cc21. The Balaban J connectivity index is 1.90. The molecule has 1 aliphatic heterocycles. The Hall–Kier alpha value is -1.46. The van der Waals surface area contributed by atoms with Crippen LogP contribution < -0.4 is 10.1 Å². The fourth-order valence-corrected chi connectivity index (χ4v) is 3.46. The summed E-state index contributed by atoms with van der Waals surface area (Å²) in [6.45, 7) is 5.02. The van der Waals surface area contributed by atoms with Gasteiger partial charge in [-0.25, -0.2) is 9.37 Å². The van der Waals surface area contributed by atoms with E-state index in [1.807, 2.05) is 12.3 Å². The van der Waals surface area contributed by atoms with Crippen LogP contribution in [0, 0.1) is 12.7 Å². The lowest BCUT2D eigenvalue weighted by atomic mass is 9.96. The normalized spacial score (nSPS) is 20.9. The van der Waals surface area contributed by atoms with Crippen molar-refractivity contribution in [3.05, 3.63) is 45.7 Å². The minimum absolute atomic E-state index is 0.0592. The van der Waals surface area contributed by atoms with E-state index in [4.69, 9.17) is 4.74 Å². The third kappa shape index (κ3) is 3.09. The number of halogens is 1. The van der Waals surface area contributed by atoms with Crippen LogP contribution in [0.2, 0.25) is 0 Å². The average molecular weight is 306 g/mol. The molecule has 1 aromatic heterocycles. The van der Waals surface area contributed by atoms with Gasteiger partial charge in [0.25, 0.3) is 0 Å². The lowest BCUT2D eigenvalue weighted by Gasteiger charge is -2.32. The van der Waals surface area contributed by atoms with Crippen molar-refractivity contribution in [3.8, 4) is 5.75 Å². The van der Waals surface area contributed by atoms with Gasteiger partial charge in [-0.15, -0.1) is 11.3 Å². The number of rotatable bonds is 4. The van der Waals surface area contributed by atoms with Crippen LogP contribution in [-0.4, -0.2) is 11.5 Å². The maximum atomic E-state index is 13.5. The first-order chi connectivity index (χ1) is 10.2. The van der Waals surface area contributed by atoms with E-state index in [1.165, 1.54) is 6.07 Å². The fraction of sp³-hybridized carbons (Fsp3) is 0.438. The van der Waals surface area contributed by atoms with Gasteiger partial charge in [-0.05, 0) is 38.1 Å². The number of hydrogen-bond acceptors (Lipinski definition) is 4. The summed E-state index contributed by atoms with van der Waals surface area (Å²) >= 11 is 1.62. The van der Waals surface area contributed by atoms with Crippen LogP contribution in [0.5, 0.6) is 5.75 Å². The highest BCUT2D eigenvalue weighted by atomic mass is 32.1. The zero-order valence-corrected chi connectivity index (χ0v) is 13.0. The quantitative estimate of drug-likeness (QED) is 0.921. The molecule has 2 unspecified atom stereocenters. The molecule has 0 saturated carbocycles. The van der Waals surface area contributed by atoms with Crippen LogP contribution >= 0.6 is 11.3 Å². The molecule has 0 bridgehead atoms. The van der Waals surface area contributed by atoms with E-state index in [0.717, 1.165) is 41.4 Å². The third-order valence-electron chi connectivity index (χ3n) is 3.62. The first-order valence-electron chi connectivity index (χ1n) is 7.29. The molecule has 5 heteroatoms. The Morgan fingerprint density at radius 3 is 3.05 bits per heavy atom. The van der Waals surface area contributed by atoms with Crippen molar-refractivity contribution in [3.63, 3.8) is 0 Å². The maximum Gasteiger partial charge on any atom is 0.152 e. The Labute approximate surface area is 128 Å². The second kappa shape index (κ2) is 6.12. The first kappa shape index (κ1) is 14.5. The predicted molar refractivity (Wildman–Crippen MR) is 82.3 cm³/mol. The zero-order valence-electron chi connectivity index (χ0n) is 12.2. The van der Waals surface area contributed by atoms with Gasteiger partial charge in [0.1, 0.15) is 16.6 Å². The molecule has 0 fully saturated rings. The molecule has 112 valence electrons. The summed E-state index contributed by atoms with van der Waals surface area (Å²) in [6.07, 6.45) is 1.77. The molecule has 1 aromatic carbocycles. The van der Waals surface area contributed by atoms with Crippen LogP contribution in [0.4, 0.5) is 4.39 Å². The molecule has 0 radical (unpaired) electrons. The summed E-state index contributed by atoms with van der Waals surface area (Å²) in [4.78, 5) is 4.53. The smallest absolute Gasteiger partial charge is 0.152 e. The van der Waals surface area contributed by atoms with E-state index in [2.05, 4.69) is 17.2 Å². The van der Waals surface area contributed by atoms with Crippen LogP contribution in [0.25, 0.3) is 0 Å². The molecule has 0 spiro atoms. The number of aryl methyl sites for hydroxylation is 1. The van der Waals surface area contributed by atoms with Gasteiger partial charge in [0.15, 0.2) is 6.10 Å². The Kier molecular flexibility index (Phi) is 4.22. The highest BCUT2D eigenvalue weighted by molar-refractivity contribution is 7.09. The van der Waals surface area contributed by atoms with Gasteiger partial charge < -0.3 is 10.1 Å². The standard InChI is InChI=1S/C16H19FN2OS/c1-3-6-18-13-8-15(16-19-10(2)9-21-16)20-14-5-4-11(17)7-12(13)14/h4-5,7,9,13,15,18H,3,6,8H2,1-2H3. The molecule has 3 rings (SSSR count). The summed E-state index contributed by atoms with van der Waals surface area (Å²) in [5, 5.41) is 6.52. The number of ether oxygens (including phenoxy) is 1. The van der Waals surface area contributed by atoms with Crippen LogP contribution in [-0.2, 0) is 0 Å². The zero-order chi connectivity index (χ0) is 14.8. The highest BCUT2D eigenvalue weighted by Gasteiger charge is 2.30. The molecule has 2 heterocycles. The maximum absolute atomic E-state index is 13.5. The Bertz CT molecular complexity index is 628. The lowest BCUT2D eigenvalue weighted by Crippen LogP contribution is -2.29. The van der Waals surface area contributed by atoms with Crippen LogP contribution in [0.1, 0.15) is 48.2 Å². The Morgan fingerprint density at radius 1 is 1.48 bits per heavy atom. The van der Waals surface area contributed by atoms with Crippen molar-refractivity contribution in [1.29, 1.82) is 0 Å². The predicted octanol–water partition coefficient (Wildman–Crippen LogP) is 4.16. The number of hydrogen-bond donors (Lipinski definition) is 1. The summed E-state index contributed by atoms with van der Waals surface area (Å²) in [6, 6.07) is 4.85. The van der Waals surface area contributed by atoms with E-state index in [1.54, 1.807) is 23.5 Å². The first-order valence-corrected chi connectivity index (χ1v) is 8.17. The molecule has 21 heavy (non-hydrogen) atoms. The van der Waals surface area contributed by atoms with Gasteiger partial charge in [-0.3, -0.25) is 0 Å². The second-order valence-electron chi connectivity index (χ2n) is 5.36. The van der Waals surface area contributed by atoms with Crippen molar-refractivity contribution < 1.29 is 9.13 Å². The molecular formula is C16H19FN2OS. The molecule has 0 saturated heterocycles. The van der Waals surface area contributed by atoms with Gasteiger partial charge >= 0.3 is 0 Å². The number of nitrogens with one attached hydrogen (secondary N) is 1. The number of fused-ring (bicyclic) bond motifs is 1. The van der Waals surface area contributed by atoms with Gasteiger partial charge in [-0.1, -0.05) is 6.92 Å². The Morgan fingerprint density at radius 2 is 2.33 bits per heavy atom. The van der Waals surface area contributed by atoms with E-state index >= 15 is 0 Å².